The Labute approximate surface area is 165 Å². The van der Waals surface area contributed by atoms with E-state index in [1.807, 2.05) is 29.8 Å². The smallest absolute Gasteiger partial charge is 0.240 e. The van der Waals surface area contributed by atoms with Gasteiger partial charge in [-0.15, -0.1) is 0 Å². The van der Waals surface area contributed by atoms with E-state index in [4.69, 9.17) is 5.10 Å². The highest BCUT2D eigenvalue weighted by Gasteiger charge is 2.22. The van der Waals surface area contributed by atoms with Gasteiger partial charge in [-0.3, -0.25) is 9.67 Å². The molecule has 2 aromatic heterocycles. The lowest BCUT2D eigenvalue weighted by Crippen LogP contribution is -2.28. The number of pyridine rings is 1. The Morgan fingerprint density at radius 1 is 1.07 bits per heavy atom. The molecule has 3 aromatic rings. The number of hydrogen-bond acceptors (Lipinski definition) is 4. The lowest BCUT2D eigenvalue weighted by atomic mass is 9.95. The van der Waals surface area contributed by atoms with Gasteiger partial charge in [0.05, 0.1) is 17.1 Å². The summed E-state index contributed by atoms with van der Waals surface area (Å²) in [6.45, 7) is 2.73. The zero-order chi connectivity index (χ0) is 19.6. The summed E-state index contributed by atoms with van der Waals surface area (Å²) >= 11 is 0. The first-order chi connectivity index (χ1) is 13.5. The van der Waals surface area contributed by atoms with E-state index >= 15 is 0 Å². The van der Waals surface area contributed by atoms with Crippen LogP contribution in [-0.4, -0.2) is 29.7 Å². The van der Waals surface area contributed by atoms with Crippen LogP contribution >= 0.6 is 0 Å². The molecule has 0 aliphatic heterocycles. The van der Waals surface area contributed by atoms with Gasteiger partial charge in [-0.2, -0.15) is 5.10 Å². The Bertz CT molecular complexity index is 1060. The van der Waals surface area contributed by atoms with Gasteiger partial charge in [0, 0.05) is 24.0 Å². The van der Waals surface area contributed by atoms with Crippen LogP contribution < -0.4 is 4.72 Å². The zero-order valence-electron chi connectivity index (χ0n) is 15.9. The molecule has 1 aliphatic carbocycles. The molecule has 0 unspecified atom stereocenters. The summed E-state index contributed by atoms with van der Waals surface area (Å²) < 4.78 is 29.6. The summed E-state index contributed by atoms with van der Waals surface area (Å²) in [4.78, 5) is 4.74. The molecule has 4 rings (SSSR count). The van der Waals surface area contributed by atoms with Crippen molar-refractivity contribution in [2.45, 2.75) is 44.0 Å². The van der Waals surface area contributed by atoms with E-state index in [0.29, 0.717) is 13.1 Å². The molecule has 0 saturated carbocycles. The van der Waals surface area contributed by atoms with E-state index in [2.05, 4.69) is 9.71 Å². The molecule has 0 radical (unpaired) electrons. The third kappa shape index (κ3) is 3.86. The highest BCUT2D eigenvalue weighted by molar-refractivity contribution is 7.89. The first kappa shape index (κ1) is 18.8. The maximum absolute atomic E-state index is 12.5. The van der Waals surface area contributed by atoms with E-state index in [9.17, 15) is 8.42 Å². The fourth-order valence-corrected chi connectivity index (χ4v) is 4.67. The standard InChI is InChI=1S/C21H24N4O2S/c1-16-9-11-17(12-10-16)28(26,27)23-14-15-25-20-8-3-2-6-18(20)21(24-25)19-7-4-5-13-22-19/h4-5,7,9-13,23H,2-3,6,8,14-15H2,1H3. The van der Waals surface area contributed by atoms with Crippen LogP contribution in [0.25, 0.3) is 11.4 Å². The molecular formula is C21H24N4O2S. The maximum atomic E-state index is 12.5. The van der Waals surface area contributed by atoms with Gasteiger partial charge in [0.1, 0.15) is 5.69 Å². The first-order valence-corrected chi connectivity index (χ1v) is 11.1. The Kier molecular flexibility index (Phi) is 5.28. The van der Waals surface area contributed by atoms with Gasteiger partial charge in [0.2, 0.25) is 10.0 Å². The monoisotopic (exact) mass is 396 g/mol. The second-order valence-corrected chi connectivity index (χ2v) is 8.90. The van der Waals surface area contributed by atoms with Crippen molar-refractivity contribution in [2.24, 2.45) is 0 Å². The maximum Gasteiger partial charge on any atom is 0.240 e. The number of nitrogens with zero attached hydrogens (tertiary/aromatic N) is 3. The number of fused-ring (bicyclic) bond motifs is 1. The molecule has 28 heavy (non-hydrogen) atoms. The number of nitrogens with one attached hydrogen (secondary N) is 1. The van der Waals surface area contributed by atoms with Gasteiger partial charge in [-0.25, -0.2) is 13.1 Å². The highest BCUT2D eigenvalue weighted by atomic mass is 32.2. The van der Waals surface area contributed by atoms with Crippen LogP contribution in [0.3, 0.4) is 0 Å². The summed E-state index contributed by atoms with van der Waals surface area (Å²) in [5, 5.41) is 4.79. The average Bonchev–Trinajstić information content (AvgIpc) is 3.08. The molecule has 6 nitrogen and oxygen atoms in total. The van der Waals surface area contributed by atoms with Gasteiger partial charge < -0.3 is 0 Å². The summed E-state index contributed by atoms with van der Waals surface area (Å²) in [5.41, 5.74) is 5.30. The van der Waals surface area contributed by atoms with Gasteiger partial charge in [0.15, 0.2) is 0 Å². The number of aryl methyl sites for hydroxylation is 1. The Balaban J connectivity index is 1.52. The van der Waals surface area contributed by atoms with E-state index in [1.54, 1.807) is 30.5 Å². The number of rotatable bonds is 6. The minimum atomic E-state index is -3.52. The van der Waals surface area contributed by atoms with E-state index < -0.39 is 10.0 Å². The van der Waals surface area contributed by atoms with Crippen molar-refractivity contribution in [1.29, 1.82) is 0 Å². The summed E-state index contributed by atoms with van der Waals surface area (Å²) in [6, 6.07) is 12.7. The molecule has 2 heterocycles. The van der Waals surface area contributed by atoms with Gasteiger partial charge >= 0.3 is 0 Å². The number of aromatic nitrogens is 3. The molecular weight excluding hydrogens is 372 g/mol. The van der Waals surface area contributed by atoms with Crippen molar-refractivity contribution in [1.82, 2.24) is 19.5 Å². The van der Waals surface area contributed by atoms with Crippen LogP contribution in [0, 0.1) is 6.92 Å². The molecule has 1 aromatic carbocycles. The normalized spacial score (nSPS) is 14.0. The van der Waals surface area contributed by atoms with Crippen molar-refractivity contribution in [3.63, 3.8) is 0 Å². The molecule has 7 heteroatoms. The third-order valence-electron chi connectivity index (χ3n) is 5.11. The minimum Gasteiger partial charge on any atom is -0.267 e. The van der Waals surface area contributed by atoms with E-state index in [1.165, 1.54) is 11.3 Å². The zero-order valence-corrected chi connectivity index (χ0v) is 16.7. The quantitative estimate of drug-likeness (QED) is 0.695. The largest absolute Gasteiger partial charge is 0.267 e. The third-order valence-corrected chi connectivity index (χ3v) is 6.59. The van der Waals surface area contributed by atoms with Crippen molar-refractivity contribution in [2.75, 3.05) is 6.54 Å². The van der Waals surface area contributed by atoms with Crippen LogP contribution in [-0.2, 0) is 29.4 Å². The van der Waals surface area contributed by atoms with Crippen LogP contribution in [0.5, 0.6) is 0 Å². The van der Waals surface area contributed by atoms with Crippen molar-refractivity contribution in [3.05, 3.63) is 65.5 Å². The molecule has 0 bridgehead atoms. The Hall–Kier alpha value is -2.51. The second kappa shape index (κ2) is 7.85. The number of sulfonamides is 1. The minimum absolute atomic E-state index is 0.287. The van der Waals surface area contributed by atoms with Crippen molar-refractivity contribution in [3.8, 4) is 11.4 Å². The molecule has 0 saturated heterocycles. The Morgan fingerprint density at radius 2 is 1.86 bits per heavy atom. The van der Waals surface area contributed by atoms with Gasteiger partial charge in [-0.1, -0.05) is 23.8 Å². The van der Waals surface area contributed by atoms with Gasteiger partial charge in [0.25, 0.3) is 0 Å². The molecule has 0 spiro atoms. The predicted octanol–water partition coefficient (Wildman–Crippen LogP) is 3.11. The Morgan fingerprint density at radius 3 is 2.61 bits per heavy atom. The van der Waals surface area contributed by atoms with Crippen molar-refractivity contribution < 1.29 is 8.42 Å². The lowest BCUT2D eigenvalue weighted by Gasteiger charge is -2.14. The fraction of sp³-hybridized carbons (Fsp3) is 0.333. The SMILES string of the molecule is Cc1ccc(S(=O)(=O)NCCn2nc(-c3ccccn3)c3c2CCCC3)cc1. The van der Waals surface area contributed by atoms with Crippen LogP contribution in [0.15, 0.2) is 53.6 Å². The summed E-state index contributed by atoms with van der Waals surface area (Å²) in [6.07, 6.45) is 6.03. The van der Waals surface area contributed by atoms with Crippen LogP contribution in [0.4, 0.5) is 0 Å². The summed E-state index contributed by atoms with van der Waals surface area (Å²) in [7, 11) is -3.52. The molecule has 0 atom stereocenters. The molecule has 1 N–H and O–H groups in total. The molecule has 146 valence electrons. The summed E-state index contributed by atoms with van der Waals surface area (Å²) in [5.74, 6) is 0. The first-order valence-electron chi connectivity index (χ1n) is 9.61. The average molecular weight is 397 g/mol. The molecule has 0 amide bonds. The van der Waals surface area contributed by atoms with E-state index in [0.717, 1.165) is 42.6 Å². The highest BCUT2D eigenvalue weighted by Crippen LogP contribution is 2.30. The van der Waals surface area contributed by atoms with E-state index in [-0.39, 0.29) is 4.90 Å². The predicted molar refractivity (Wildman–Crippen MR) is 108 cm³/mol. The van der Waals surface area contributed by atoms with Crippen molar-refractivity contribution >= 4 is 10.0 Å². The van der Waals surface area contributed by atoms with Crippen LogP contribution in [0.2, 0.25) is 0 Å². The lowest BCUT2D eigenvalue weighted by molar-refractivity contribution is 0.538. The second-order valence-electron chi connectivity index (χ2n) is 7.13. The fourth-order valence-electron chi connectivity index (χ4n) is 3.65. The molecule has 1 aliphatic rings. The topological polar surface area (TPSA) is 76.9 Å². The number of benzene rings is 1. The molecule has 0 fully saturated rings. The number of hydrogen-bond donors (Lipinski definition) is 1. The van der Waals surface area contributed by atoms with Gasteiger partial charge in [-0.05, 0) is 56.9 Å². The van der Waals surface area contributed by atoms with Crippen LogP contribution in [0.1, 0.15) is 29.7 Å².